The Morgan fingerprint density at radius 1 is 1.11 bits per heavy atom. The number of nitrogens with one attached hydrogen (secondary N) is 1. The number of amides is 2. The lowest BCUT2D eigenvalue weighted by atomic mass is 9.70. The van der Waals surface area contributed by atoms with Crippen molar-refractivity contribution in [3.63, 3.8) is 0 Å². The Kier molecular flexibility index (Phi) is 6.50. The Morgan fingerprint density at radius 3 is 2.34 bits per heavy atom. The first-order valence-corrected chi connectivity index (χ1v) is 11.5. The normalized spacial score (nSPS) is 19.5. The molecule has 1 unspecified atom stereocenters. The summed E-state index contributed by atoms with van der Waals surface area (Å²) in [5, 5.41) is 11.8. The number of rotatable bonds is 3. The maximum Gasteiger partial charge on any atom is 0.417 e. The Labute approximate surface area is 202 Å². The zero-order valence-corrected chi connectivity index (χ0v) is 19.7. The van der Waals surface area contributed by atoms with Gasteiger partial charge in [0.15, 0.2) is 0 Å². The van der Waals surface area contributed by atoms with Crippen molar-refractivity contribution >= 4 is 17.5 Å². The molecular formula is C26H27F3N4O2. The molecule has 2 fully saturated rings. The molecule has 0 radical (unpaired) electrons. The fraction of sp³-hybridized carbons (Fsp3) is 0.423. The van der Waals surface area contributed by atoms with Crippen molar-refractivity contribution in [3.05, 3.63) is 64.7 Å². The molecule has 2 aliphatic rings. The first-order chi connectivity index (χ1) is 16.6. The van der Waals surface area contributed by atoms with Crippen molar-refractivity contribution in [3.8, 4) is 6.07 Å². The standard InChI is InChI=1S/C26H27F3N4O2/c1-17-3-5-18(6-4-17)24(35)33-15-22(23(34)31-2)25(16-33)9-11-32(12-10-25)20-8-7-19(14-30)21(13-20)26(27,28)29/h3-8,13,22H,9-12,15-16H2,1-2H3,(H,31,34). The molecule has 9 heteroatoms. The molecule has 2 aliphatic heterocycles. The van der Waals surface area contributed by atoms with Crippen LogP contribution in [0.4, 0.5) is 18.9 Å². The first-order valence-electron chi connectivity index (χ1n) is 11.5. The van der Waals surface area contributed by atoms with Crippen LogP contribution in [0.2, 0.25) is 0 Å². The van der Waals surface area contributed by atoms with E-state index in [1.807, 2.05) is 24.0 Å². The van der Waals surface area contributed by atoms with Gasteiger partial charge in [-0.1, -0.05) is 17.7 Å². The molecule has 0 aromatic heterocycles. The van der Waals surface area contributed by atoms with Crippen molar-refractivity contribution in [2.75, 3.05) is 38.1 Å². The van der Waals surface area contributed by atoms with E-state index in [0.717, 1.165) is 11.6 Å². The van der Waals surface area contributed by atoms with Gasteiger partial charge < -0.3 is 15.1 Å². The monoisotopic (exact) mass is 484 g/mol. The van der Waals surface area contributed by atoms with Crippen molar-refractivity contribution < 1.29 is 22.8 Å². The highest BCUT2D eigenvalue weighted by Crippen LogP contribution is 2.46. The van der Waals surface area contributed by atoms with E-state index in [9.17, 15) is 22.8 Å². The average Bonchev–Trinajstić information content (AvgIpc) is 3.21. The molecular weight excluding hydrogens is 457 g/mol. The van der Waals surface area contributed by atoms with E-state index in [1.165, 1.54) is 12.1 Å². The molecule has 184 valence electrons. The lowest BCUT2D eigenvalue weighted by Crippen LogP contribution is -2.48. The minimum atomic E-state index is -4.62. The van der Waals surface area contributed by atoms with Crippen LogP contribution in [0.5, 0.6) is 0 Å². The van der Waals surface area contributed by atoms with Crippen LogP contribution >= 0.6 is 0 Å². The van der Waals surface area contributed by atoms with E-state index in [-0.39, 0.29) is 11.8 Å². The summed E-state index contributed by atoms with van der Waals surface area (Å²) in [7, 11) is 1.57. The van der Waals surface area contributed by atoms with Gasteiger partial charge in [-0.3, -0.25) is 9.59 Å². The third-order valence-corrected chi connectivity index (χ3v) is 7.35. The van der Waals surface area contributed by atoms with E-state index in [4.69, 9.17) is 5.26 Å². The van der Waals surface area contributed by atoms with Gasteiger partial charge in [-0.05, 0) is 50.1 Å². The van der Waals surface area contributed by atoms with Crippen LogP contribution in [0.25, 0.3) is 0 Å². The van der Waals surface area contributed by atoms with Crippen LogP contribution in [-0.4, -0.2) is 49.9 Å². The Hall–Kier alpha value is -3.54. The highest BCUT2D eigenvalue weighted by Gasteiger charge is 2.52. The van der Waals surface area contributed by atoms with Crippen LogP contribution in [0.15, 0.2) is 42.5 Å². The molecule has 0 bridgehead atoms. The number of nitriles is 1. The van der Waals surface area contributed by atoms with Gasteiger partial charge in [-0.2, -0.15) is 18.4 Å². The second-order valence-electron chi connectivity index (χ2n) is 9.41. The summed E-state index contributed by atoms with van der Waals surface area (Å²) >= 11 is 0. The Balaban J connectivity index is 1.55. The summed E-state index contributed by atoms with van der Waals surface area (Å²) in [4.78, 5) is 29.5. The van der Waals surface area contributed by atoms with Gasteiger partial charge in [0.2, 0.25) is 5.91 Å². The van der Waals surface area contributed by atoms with E-state index in [1.54, 1.807) is 30.1 Å². The van der Waals surface area contributed by atoms with E-state index in [0.29, 0.717) is 50.3 Å². The minimum absolute atomic E-state index is 0.125. The molecule has 6 nitrogen and oxygen atoms in total. The molecule has 1 atom stereocenters. The van der Waals surface area contributed by atoms with Gasteiger partial charge in [0.25, 0.3) is 5.91 Å². The zero-order valence-electron chi connectivity index (χ0n) is 19.7. The number of carbonyl (C=O) groups is 2. The summed E-state index contributed by atoms with van der Waals surface area (Å²) in [6, 6.07) is 12.7. The number of alkyl halides is 3. The highest BCUT2D eigenvalue weighted by molar-refractivity contribution is 5.95. The fourth-order valence-electron chi connectivity index (χ4n) is 5.32. The number of nitrogens with zero attached hydrogens (tertiary/aromatic N) is 3. The predicted octanol–water partition coefficient (Wildman–Crippen LogP) is 3.99. The Morgan fingerprint density at radius 2 is 1.77 bits per heavy atom. The number of aryl methyl sites for hydroxylation is 1. The lowest BCUT2D eigenvalue weighted by molar-refractivity contribution is -0.137. The second kappa shape index (κ2) is 9.25. The van der Waals surface area contributed by atoms with Gasteiger partial charge >= 0.3 is 6.18 Å². The molecule has 0 aliphatic carbocycles. The lowest BCUT2D eigenvalue weighted by Gasteiger charge is -2.43. The molecule has 1 spiro atoms. The summed E-state index contributed by atoms with van der Waals surface area (Å²) in [6.07, 6.45) is -3.50. The molecule has 35 heavy (non-hydrogen) atoms. The molecule has 0 saturated carbocycles. The van der Waals surface area contributed by atoms with Gasteiger partial charge in [-0.15, -0.1) is 0 Å². The summed E-state index contributed by atoms with van der Waals surface area (Å²) in [5.41, 5.74) is 0.209. The topological polar surface area (TPSA) is 76.4 Å². The van der Waals surface area contributed by atoms with Gasteiger partial charge in [0.05, 0.1) is 23.1 Å². The first kappa shape index (κ1) is 24.6. The molecule has 2 aromatic carbocycles. The fourth-order valence-corrected chi connectivity index (χ4v) is 5.32. The second-order valence-corrected chi connectivity index (χ2v) is 9.41. The number of halogens is 3. The Bertz CT molecular complexity index is 1160. The highest BCUT2D eigenvalue weighted by atomic mass is 19.4. The maximum absolute atomic E-state index is 13.4. The van der Waals surface area contributed by atoms with Gasteiger partial charge in [0.1, 0.15) is 0 Å². The number of carbonyl (C=O) groups excluding carboxylic acids is 2. The number of likely N-dealkylation sites (tertiary alicyclic amines) is 1. The van der Waals surface area contributed by atoms with Crippen molar-refractivity contribution in [1.82, 2.24) is 10.2 Å². The molecule has 2 amide bonds. The summed E-state index contributed by atoms with van der Waals surface area (Å²) in [5.74, 6) is -0.647. The number of hydrogen-bond acceptors (Lipinski definition) is 4. The summed E-state index contributed by atoms with van der Waals surface area (Å²) < 4.78 is 40.3. The van der Waals surface area contributed by atoms with Crippen molar-refractivity contribution in [2.45, 2.75) is 25.9 Å². The minimum Gasteiger partial charge on any atom is -0.371 e. The van der Waals surface area contributed by atoms with Crippen LogP contribution in [0.1, 0.15) is 39.9 Å². The van der Waals surface area contributed by atoms with Gasteiger partial charge in [0, 0.05) is 49.9 Å². The van der Waals surface area contributed by atoms with E-state index >= 15 is 0 Å². The zero-order chi connectivity index (χ0) is 25.4. The molecule has 2 aromatic rings. The molecule has 4 rings (SSSR count). The quantitative estimate of drug-likeness (QED) is 0.715. The van der Waals surface area contributed by atoms with E-state index < -0.39 is 28.6 Å². The smallest absolute Gasteiger partial charge is 0.371 e. The summed E-state index contributed by atoms with van der Waals surface area (Å²) in [6.45, 7) is 3.57. The van der Waals surface area contributed by atoms with Crippen LogP contribution in [0, 0.1) is 29.6 Å². The largest absolute Gasteiger partial charge is 0.417 e. The number of piperidine rings is 1. The van der Waals surface area contributed by atoms with E-state index in [2.05, 4.69) is 5.32 Å². The molecule has 2 saturated heterocycles. The van der Waals surface area contributed by atoms with Gasteiger partial charge in [-0.25, -0.2) is 0 Å². The number of anilines is 1. The van der Waals surface area contributed by atoms with Crippen LogP contribution in [0.3, 0.4) is 0 Å². The maximum atomic E-state index is 13.4. The third kappa shape index (κ3) is 4.70. The van der Waals surface area contributed by atoms with Crippen LogP contribution in [-0.2, 0) is 11.0 Å². The van der Waals surface area contributed by atoms with Crippen LogP contribution < -0.4 is 10.2 Å². The third-order valence-electron chi connectivity index (χ3n) is 7.35. The van der Waals surface area contributed by atoms with Crippen molar-refractivity contribution in [2.24, 2.45) is 11.3 Å². The number of hydrogen-bond donors (Lipinski definition) is 1. The SMILES string of the molecule is CNC(=O)C1CN(C(=O)c2ccc(C)cc2)CC12CCN(c1ccc(C#N)c(C(F)(F)F)c1)CC2. The average molecular weight is 485 g/mol. The number of benzene rings is 2. The molecule has 2 heterocycles. The van der Waals surface area contributed by atoms with Crippen molar-refractivity contribution in [1.29, 1.82) is 5.26 Å². The predicted molar refractivity (Wildman–Crippen MR) is 125 cm³/mol. The molecule has 1 N–H and O–H groups in total.